The highest BCUT2D eigenvalue weighted by Gasteiger charge is 2.30. The molecule has 5 nitrogen and oxygen atoms in total. The molecular formula is C11H24NO4P. The molecule has 0 aliphatic rings. The second-order valence-electron chi connectivity index (χ2n) is 4.43. The van der Waals surface area contributed by atoms with E-state index in [2.05, 4.69) is 5.32 Å². The third kappa shape index (κ3) is 8.36. The van der Waals surface area contributed by atoms with E-state index in [1.165, 1.54) is 0 Å². The molecule has 0 aliphatic heterocycles. The highest BCUT2D eigenvalue weighted by atomic mass is 31.2. The van der Waals surface area contributed by atoms with Gasteiger partial charge in [0.15, 0.2) is 0 Å². The normalized spacial score (nSPS) is 12.2. The van der Waals surface area contributed by atoms with Gasteiger partial charge in [-0.05, 0) is 34.1 Å². The first-order valence-electron chi connectivity index (χ1n) is 6.01. The highest BCUT2D eigenvalue weighted by Crippen LogP contribution is 2.50. The lowest BCUT2D eigenvalue weighted by Gasteiger charge is -2.22. The molecule has 17 heavy (non-hydrogen) atoms. The van der Waals surface area contributed by atoms with Crippen LogP contribution in [0.5, 0.6) is 0 Å². The van der Waals surface area contributed by atoms with Crippen molar-refractivity contribution in [2.75, 3.05) is 12.7 Å². The third-order valence-corrected chi connectivity index (χ3v) is 3.81. The molecule has 0 heterocycles. The summed E-state index contributed by atoms with van der Waals surface area (Å²) in [5.74, 6) is -0.295. The smallest absolute Gasteiger partial charge is 0.340 e. The summed E-state index contributed by atoms with van der Waals surface area (Å²) >= 11 is 0. The molecule has 0 fully saturated rings. The number of hydrogen-bond acceptors (Lipinski definition) is 4. The fourth-order valence-corrected chi connectivity index (χ4v) is 3.19. The first-order chi connectivity index (χ1) is 7.79. The van der Waals surface area contributed by atoms with Crippen LogP contribution in [0.2, 0.25) is 0 Å². The number of nitrogens with one attached hydrogen (secondary N) is 1. The molecule has 0 rings (SSSR count). The summed E-state index contributed by atoms with van der Waals surface area (Å²) < 4.78 is 22.8. The predicted molar refractivity (Wildman–Crippen MR) is 68.2 cm³/mol. The van der Waals surface area contributed by atoms with Gasteiger partial charge in [0.1, 0.15) is 6.16 Å². The Morgan fingerprint density at radius 3 is 2.00 bits per heavy atom. The van der Waals surface area contributed by atoms with Crippen LogP contribution in [0.15, 0.2) is 0 Å². The molecule has 102 valence electrons. The first-order valence-corrected chi connectivity index (χ1v) is 7.74. The van der Waals surface area contributed by atoms with Crippen LogP contribution in [0.3, 0.4) is 0 Å². The second-order valence-corrected chi connectivity index (χ2v) is 6.39. The Morgan fingerprint density at radius 1 is 1.18 bits per heavy atom. The van der Waals surface area contributed by atoms with Gasteiger partial charge in [-0.1, -0.05) is 6.92 Å². The molecule has 0 saturated carbocycles. The molecule has 0 aromatic carbocycles. The largest absolute Gasteiger partial charge is 0.356 e. The molecule has 0 atom stereocenters. The van der Waals surface area contributed by atoms with Gasteiger partial charge in [-0.2, -0.15) is 0 Å². The van der Waals surface area contributed by atoms with E-state index in [1.54, 1.807) is 27.7 Å². The zero-order valence-corrected chi connectivity index (χ0v) is 12.3. The Balaban J connectivity index is 4.47. The van der Waals surface area contributed by atoms with Gasteiger partial charge in [0.25, 0.3) is 0 Å². The number of carbonyl (C=O) groups excluding carboxylic acids is 1. The van der Waals surface area contributed by atoms with Crippen molar-refractivity contribution in [3.05, 3.63) is 0 Å². The summed E-state index contributed by atoms with van der Waals surface area (Å²) in [7, 11) is -3.34. The van der Waals surface area contributed by atoms with E-state index in [0.29, 0.717) is 6.54 Å². The van der Waals surface area contributed by atoms with Crippen molar-refractivity contribution in [3.63, 3.8) is 0 Å². The van der Waals surface area contributed by atoms with Crippen LogP contribution in [-0.2, 0) is 18.4 Å². The SMILES string of the molecule is CCCNC(=O)CP(=O)(OC(C)C)OC(C)C. The summed E-state index contributed by atoms with van der Waals surface area (Å²) in [4.78, 5) is 11.5. The second kappa shape index (κ2) is 7.85. The van der Waals surface area contributed by atoms with Crippen LogP contribution >= 0.6 is 7.60 Å². The molecule has 0 aromatic rings. The van der Waals surface area contributed by atoms with Crippen LogP contribution < -0.4 is 5.32 Å². The van der Waals surface area contributed by atoms with E-state index in [9.17, 15) is 9.36 Å². The lowest BCUT2D eigenvalue weighted by Crippen LogP contribution is -2.28. The standard InChI is InChI=1S/C11H24NO4P/c1-6-7-12-11(13)8-17(14,15-9(2)3)16-10(4)5/h9-10H,6-8H2,1-5H3,(H,12,13). The zero-order chi connectivity index (χ0) is 13.5. The maximum Gasteiger partial charge on any atom is 0.340 e. The number of rotatable bonds is 8. The number of amides is 1. The van der Waals surface area contributed by atoms with Crippen LogP contribution in [0.25, 0.3) is 0 Å². The summed E-state index contributed by atoms with van der Waals surface area (Å²) in [6.45, 7) is 9.58. The van der Waals surface area contributed by atoms with Crippen molar-refractivity contribution in [2.45, 2.75) is 53.2 Å². The Kier molecular flexibility index (Phi) is 7.68. The topological polar surface area (TPSA) is 64.6 Å². The van der Waals surface area contributed by atoms with Gasteiger partial charge in [-0.15, -0.1) is 0 Å². The van der Waals surface area contributed by atoms with E-state index in [4.69, 9.17) is 9.05 Å². The number of hydrogen-bond donors (Lipinski definition) is 1. The fraction of sp³-hybridized carbons (Fsp3) is 0.909. The Labute approximate surface area is 104 Å². The van der Waals surface area contributed by atoms with Crippen molar-refractivity contribution in [2.24, 2.45) is 0 Å². The minimum atomic E-state index is -3.34. The van der Waals surface area contributed by atoms with Crippen molar-refractivity contribution < 1.29 is 18.4 Å². The summed E-state index contributed by atoms with van der Waals surface area (Å²) in [6.07, 6.45) is 0.146. The van der Waals surface area contributed by atoms with E-state index < -0.39 is 7.60 Å². The average molecular weight is 265 g/mol. The molecule has 1 amide bonds. The predicted octanol–water partition coefficient (Wildman–Crippen LogP) is 2.56. The van der Waals surface area contributed by atoms with Crippen LogP contribution in [0.4, 0.5) is 0 Å². The Morgan fingerprint density at radius 2 is 1.65 bits per heavy atom. The molecule has 0 aromatic heterocycles. The van der Waals surface area contributed by atoms with Crippen LogP contribution in [0.1, 0.15) is 41.0 Å². The van der Waals surface area contributed by atoms with Crippen LogP contribution in [-0.4, -0.2) is 30.8 Å². The van der Waals surface area contributed by atoms with Crippen LogP contribution in [0, 0.1) is 0 Å². The number of carbonyl (C=O) groups is 1. The Hall–Kier alpha value is -0.380. The minimum Gasteiger partial charge on any atom is -0.356 e. The molecule has 6 heteroatoms. The average Bonchev–Trinajstić information content (AvgIpc) is 2.10. The van der Waals surface area contributed by atoms with Gasteiger partial charge < -0.3 is 14.4 Å². The van der Waals surface area contributed by atoms with Gasteiger partial charge in [0, 0.05) is 6.54 Å². The molecule has 0 unspecified atom stereocenters. The molecular weight excluding hydrogens is 241 g/mol. The Bertz CT molecular complexity index is 265. The molecule has 0 bridgehead atoms. The molecule has 0 aliphatic carbocycles. The molecule has 0 saturated heterocycles. The van der Waals surface area contributed by atoms with E-state index in [0.717, 1.165) is 6.42 Å². The van der Waals surface area contributed by atoms with Gasteiger partial charge in [-0.3, -0.25) is 9.36 Å². The lowest BCUT2D eigenvalue weighted by molar-refractivity contribution is -0.118. The summed E-state index contributed by atoms with van der Waals surface area (Å²) in [5, 5.41) is 2.66. The third-order valence-electron chi connectivity index (χ3n) is 1.65. The monoisotopic (exact) mass is 265 g/mol. The van der Waals surface area contributed by atoms with Gasteiger partial charge >= 0.3 is 7.60 Å². The lowest BCUT2D eigenvalue weighted by atomic mass is 10.5. The van der Waals surface area contributed by atoms with Crippen molar-refractivity contribution in [1.82, 2.24) is 5.32 Å². The van der Waals surface area contributed by atoms with Crippen molar-refractivity contribution in [1.29, 1.82) is 0 Å². The van der Waals surface area contributed by atoms with Gasteiger partial charge in [-0.25, -0.2) is 0 Å². The quantitative estimate of drug-likeness (QED) is 0.685. The maximum atomic E-state index is 12.3. The van der Waals surface area contributed by atoms with E-state index >= 15 is 0 Å². The van der Waals surface area contributed by atoms with E-state index in [1.807, 2.05) is 6.92 Å². The summed E-state index contributed by atoms with van der Waals surface area (Å²) in [5.41, 5.74) is 0. The van der Waals surface area contributed by atoms with Crippen molar-refractivity contribution >= 4 is 13.5 Å². The van der Waals surface area contributed by atoms with Crippen molar-refractivity contribution in [3.8, 4) is 0 Å². The van der Waals surface area contributed by atoms with E-state index in [-0.39, 0.29) is 24.3 Å². The maximum absolute atomic E-state index is 12.3. The minimum absolute atomic E-state index is 0.219. The fourth-order valence-electron chi connectivity index (χ4n) is 1.24. The van der Waals surface area contributed by atoms with Gasteiger partial charge in [0.05, 0.1) is 12.2 Å². The molecule has 0 radical (unpaired) electrons. The first kappa shape index (κ1) is 16.6. The molecule has 0 spiro atoms. The van der Waals surface area contributed by atoms with Gasteiger partial charge in [0.2, 0.25) is 5.91 Å². The molecule has 1 N–H and O–H groups in total. The zero-order valence-electron chi connectivity index (χ0n) is 11.4. The highest BCUT2D eigenvalue weighted by molar-refractivity contribution is 7.54. The summed E-state index contributed by atoms with van der Waals surface area (Å²) in [6, 6.07) is 0.